The molecule has 1 aliphatic heterocycles. The van der Waals surface area contributed by atoms with Crippen LogP contribution in [0.4, 0.5) is 5.69 Å². The molecule has 0 unspecified atom stereocenters. The van der Waals surface area contributed by atoms with E-state index in [4.69, 9.17) is 10.00 Å². The van der Waals surface area contributed by atoms with Crippen LogP contribution in [0.15, 0.2) is 22.7 Å². The molecule has 102 valence electrons. The second kappa shape index (κ2) is 7.49. The molecule has 1 N–H and O–H groups in total. The molecule has 0 saturated carbocycles. The van der Waals surface area contributed by atoms with Gasteiger partial charge in [-0.05, 0) is 41.0 Å². The predicted molar refractivity (Wildman–Crippen MR) is 79.2 cm³/mol. The Balaban J connectivity index is 1.76. The molecule has 4 nitrogen and oxygen atoms in total. The van der Waals surface area contributed by atoms with Gasteiger partial charge in [0.15, 0.2) is 0 Å². The highest BCUT2D eigenvalue weighted by Crippen LogP contribution is 2.23. The number of ether oxygens (including phenoxy) is 1. The number of nitrogens with zero attached hydrogens (tertiary/aromatic N) is 2. The van der Waals surface area contributed by atoms with Crippen molar-refractivity contribution in [3.05, 3.63) is 28.2 Å². The lowest BCUT2D eigenvalue weighted by Crippen LogP contribution is -2.37. The first kappa shape index (κ1) is 14.3. The molecular weight excluding hydrogens is 306 g/mol. The summed E-state index contributed by atoms with van der Waals surface area (Å²) in [5, 5.41) is 12.5. The van der Waals surface area contributed by atoms with Crippen molar-refractivity contribution in [2.45, 2.75) is 6.42 Å². The van der Waals surface area contributed by atoms with Gasteiger partial charge in [-0.2, -0.15) is 5.26 Å². The summed E-state index contributed by atoms with van der Waals surface area (Å²) in [5.74, 6) is 0. The van der Waals surface area contributed by atoms with Crippen LogP contribution in [0.25, 0.3) is 0 Å². The summed E-state index contributed by atoms with van der Waals surface area (Å²) in [6.07, 6.45) is 1.07. The first-order valence-electron chi connectivity index (χ1n) is 6.54. The van der Waals surface area contributed by atoms with Gasteiger partial charge in [-0.3, -0.25) is 4.90 Å². The number of benzene rings is 1. The molecule has 1 heterocycles. The minimum atomic E-state index is 0.675. The van der Waals surface area contributed by atoms with E-state index in [1.54, 1.807) is 0 Å². The number of hydrogen-bond acceptors (Lipinski definition) is 4. The fourth-order valence-electron chi connectivity index (χ4n) is 2.14. The highest BCUT2D eigenvalue weighted by molar-refractivity contribution is 9.10. The third-order valence-electron chi connectivity index (χ3n) is 3.20. The average molecular weight is 324 g/mol. The standard InChI is InChI=1S/C14H18BrN3O/c15-13-3-1-4-14(12(13)11-16)17-5-2-6-18-7-9-19-10-8-18/h1,3-4,17H,2,5-10H2. The Morgan fingerprint density at radius 2 is 2.16 bits per heavy atom. The number of nitriles is 1. The fraction of sp³-hybridized carbons (Fsp3) is 0.500. The third-order valence-corrected chi connectivity index (χ3v) is 3.86. The molecule has 0 spiro atoms. The van der Waals surface area contributed by atoms with Crippen molar-refractivity contribution in [3.8, 4) is 6.07 Å². The molecule has 2 rings (SSSR count). The maximum atomic E-state index is 9.12. The van der Waals surface area contributed by atoms with Crippen molar-refractivity contribution in [3.63, 3.8) is 0 Å². The molecule has 19 heavy (non-hydrogen) atoms. The van der Waals surface area contributed by atoms with Gasteiger partial charge in [-0.25, -0.2) is 0 Å². The molecule has 1 aromatic rings. The normalized spacial score (nSPS) is 16.0. The van der Waals surface area contributed by atoms with Gasteiger partial charge in [0.05, 0.1) is 24.5 Å². The van der Waals surface area contributed by atoms with Crippen molar-refractivity contribution in [1.82, 2.24) is 4.90 Å². The minimum absolute atomic E-state index is 0.675. The van der Waals surface area contributed by atoms with Crippen LogP contribution in [-0.4, -0.2) is 44.3 Å². The number of hydrogen-bond donors (Lipinski definition) is 1. The van der Waals surface area contributed by atoms with E-state index in [-0.39, 0.29) is 0 Å². The monoisotopic (exact) mass is 323 g/mol. The van der Waals surface area contributed by atoms with E-state index in [2.05, 4.69) is 32.2 Å². The summed E-state index contributed by atoms with van der Waals surface area (Å²) >= 11 is 3.39. The van der Waals surface area contributed by atoms with Crippen LogP contribution in [-0.2, 0) is 4.74 Å². The predicted octanol–water partition coefficient (Wildman–Crippen LogP) is 2.45. The molecule has 0 amide bonds. The van der Waals surface area contributed by atoms with Gasteiger partial charge < -0.3 is 10.1 Å². The molecule has 0 radical (unpaired) electrons. The summed E-state index contributed by atoms with van der Waals surface area (Å²) in [6.45, 7) is 5.70. The maximum Gasteiger partial charge on any atom is 0.103 e. The number of halogens is 1. The number of rotatable bonds is 5. The molecule has 5 heteroatoms. The molecule has 1 saturated heterocycles. The molecule has 0 aliphatic carbocycles. The van der Waals surface area contributed by atoms with E-state index in [1.165, 1.54) is 0 Å². The zero-order valence-electron chi connectivity index (χ0n) is 10.9. The topological polar surface area (TPSA) is 48.3 Å². The molecule has 0 bridgehead atoms. The van der Waals surface area contributed by atoms with Crippen LogP contribution in [0.3, 0.4) is 0 Å². The van der Waals surface area contributed by atoms with E-state index >= 15 is 0 Å². The second-order valence-corrected chi connectivity index (χ2v) is 5.36. The summed E-state index contributed by atoms with van der Waals surface area (Å²) in [6, 6.07) is 7.99. The lowest BCUT2D eigenvalue weighted by Gasteiger charge is -2.26. The van der Waals surface area contributed by atoms with Crippen molar-refractivity contribution >= 4 is 21.6 Å². The van der Waals surface area contributed by atoms with Crippen molar-refractivity contribution in [2.75, 3.05) is 44.7 Å². The minimum Gasteiger partial charge on any atom is -0.384 e. The van der Waals surface area contributed by atoms with Gasteiger partial charge in [0.1, 0.15) is 6.07 Å². The molecule has 0 atom stereocenters. The zero-order valence-corrected chi connectivity index (χ0v) is 12.4. The first-order chi connectivity index (χ1) is 9.31. The smallest absolute Gasteiger partial charge is 0.103 e. The van der Waals surface area contributed by atoms with E-state index in [0.717, 1.165) is 56.0 Å². The second-order valence-electron chi connectivity index (χ2n) is 4.51. The van der Waals surface area contributed by atoms with Gasteiger partial charge in [0.2, 0.25) is 0 Å². The Morgan fingerprint density at radius 1 is 1.37 bits per heavy atom. The van der Waals surface area contributed by atoms with Crippen LogP contribution in [0.1, 0.15) is 12.0 Å². The van der Waals surface area contributed by atoms with Gasteiger partial charge in [0, 0.05) is 24.1 Å². The van der Waals surface area contributed by atoms with E-state index in [0.29, 0.717) is 5.56 Å². The molecule has 1 aromatic carbocycles. The average Bonchev–Trinajstić information content (AvgIpc) is 2.45. The van der Waals surface area contributed by atoms with Gasteiger partial charge in [0.25, 0.3) is 0 Å². The molecule has 1 fully saturated rings. The van der Waals surface area contributed by atoms with Crippen LogP contribution < -0.4 is 5.32 Å². The maximum absolute atomic E-state index is 9.12. The highest BCUT2D eigenvalue weighted by atomic mass is 79.9. The summed E-state index contributed by atoms with van der Waals surface area (Å²) in [4.78, 5) is 2.41. The lowest BCUT2D eigenvalue weighted by molar-refractivity contribution is 0.0378. The van der Waals surface area contributed by atoms with Crippen LogP contribution in [0, 0.1) is 11.3 Å². The van der Waals surface area contributed by atoms with Crippen molar-refractivity contribution in [2.24, 2.45) is 0 Å². The van der Waals surface area contributed by atoms with Crippen LogP contribution in [0.2, 0.25) is 0 Å². The Labute approximate surface area is 122 Å². The van der Waals surface area contributed by atoms with Crippen molar-refractivity contribution in [1.29, 1.82) is 5.26 Å². The fourth-order valence-corrected chi connectivity index (χ4v) is 2.59. The highest BCUT2D eigenvalue weighted by Gasteiger charge is 2.09. The zero-order chi connectivity index (χ0) is 13.5. The van der Waals surface area contributed by atoms with Gasteiger partial charge in [-0.1, -0.05) is 6.07 Å². The largest absolute Gasteiger partial charge is 0.384 e. The summed E-state index contributed by atoms with van der Waals surface area (Å²) in [7, 11) is 0. The van der Waals surface area contributed by atoms with Crippen molar-refractivity contribution < 1.29 is 4.74 Å². The molecule has 0 aromatic heterocycles. The number of morpholine rings is 1. The van der Waals surface area contributed by atoms with E-state index in [1.807, 2.05) is 18.2 Å². The van der Waals surface area contributed by atoms with Gasteiger partial charge in [-0.15, -0.1) is 0 Å². The first-order valence-corrected chi connectivity index (χ1v) is 7.33. The lowest BCUT2D eigenvalue weighted by atomic mass is 10.2. The summed E-state index contributed by atoms with van der Waals surface area (Å²) < 4.78 is 6.16. The Kier molecular flexibility index (Phi) is 5.64. The van der Waals surface area contributed by atoms with E-state index < -0.39 is 0 Å². The van der Waals surface area contributed by atoms with Gasteiger partial charge >= 0.3 is 0 Å². The summed E-state index contributed by atoms with van der Waals surface area (Å²) in [5.41, 5.74) is 1.58. The molecular formula is C14H18BrN3O. The Bertz CT molecular complexity index is 452. The SMILES string of the molecule is N#Cc1c(Br)cccc1NCCCN1CCOCC1. The molecule has 1 aliphatic rings. The number of anilines is 1. The van der Waals surface area contributed by atoms with E-state index in [9.17, 15) is 0 Å². The Hall–Kier alpha value is -1.09. The third kappa shape index (κ3) is 4.20. The van der Waals surface area contributed by atoms with Crippen LogP contribution >= 0.6 is 15.9 Å². The Morgan fingerprint density at radius 3 is 2.89 bits per heavy atom. The number of nitrogens with one attached hydrogen (secondary N) is 1. The van der Waals surface area contributed by atoms with Crippen LogP contribution in [0.5, 0.6) is 0 Å². The quantitative estimate of drug-likeness (QED) is 0.845.